The molecule has 0 radical (unpaired) electrons. The number of carboxylic acids is 1. The number of carbonyl (C=O) groups is 2. The van der Waals surface area contributed by atoms with Gasteiger partial charge in [0.2, 0.25) is 0 Å². The molecule has 0 saturated carbocycles. The molecular weight excluding hydrogens is 327 g/mol. The third-order valence-corrected chi connectivity index (χ3v) is 5.01. The van der Waals surface area contributed by atoms with Crippen molar-refractivity contribution in [1.29, 1.82) is 0 Å². The van der Waals surface area contributed by atoms with Gasteiger partial charge >= 0.3 is 5.97 Å². The Labute approximate surface area is 146 Å². The largest absolute Gasteiger partial charge is 0.480 e. The minimum atomic E-state index is -1.10. The molecule has 25 heavy (non-hydrogen) atoms. The van der Waals surface area contributed by atoms with Gasteiger partial charge in [-0.3, -0.25) is 9.69 Å². The van der Waals surface area contributed by atoms with Crippen molar-refractivity contribution in [2.75, 3.05) is 26.2 Å². The lowest BCUT2D eigenvalue weighted by Gasteiger charge is -2.44. The van der Waals surface area contributed by atoms with Gasteiger partial charge in [0, 0.05) is 31.5 Å². The smallest absolute Gasteiger partial charge is 0.328 e. The molecule has 1 atom stereocenters. The number of likely N-dealkylation sites (tertiary alicyclic amines) is 1. The van der Waals surface area contributed by atoms with Gasteiger partial charge in [-0.25, -0.2) is 9.18 Å². The quantitative estimate of drug-likeness (QED) is 0.899. The topological polar surface area (TPSA) is 70.1 Å². The van der Waals surface area contributed by atoms with Gasteiger partial charge in [0.15, 0.2) is 6.04 Å². The molecule has 1 aromatic carbocycles. The van der Waals surface area contributed by atoms with Crippen molar-refractivity contribution in [2.24, 2.45) is 0 Å². The van der Waals surface area contributed by atoms with Gasteiger partial charge in [0.05, 0.1) is 6.61 Å². The second kappa shape index (κ2) is 7.09. The molecule has 2 heterocycles. The Morgan fingerprint density at radius 2 is 2.08 bits per heavy atom. The molecule has 0 aliphatic carbocycles. The fourth-order valence-corrected chi connectivity index (χ4v) is 3.76. The molecule has 2 aliphatic heterocycles. The maximum atomic E-state index is 13.5. The summed E-state index contributed by atoms with van der Waals surface area (Å²) in [7, 11) is 0. The number of amides is 1. The van der Waals surface area contributed by atoms with Gasteiger partial charge in [0.1, 0.15) is 11.5 Å². The van der Waals surface area contributed by atoms with E-state index in [0.29, 0.717) is 12.8 Å². The monoisotopic (exact) mass is 350 g/mol. The van der Waals surface area contributed by atoms with E-state index in [1.54, 1.807) is 0 Å². The Bertz CT molecular complexity index is 658. The molecule has 2 fully saturated rings. The summed E-state index contributed by atoms with van der Waals surface area (Å²) in [6.07, 6.45) is 2.15. The first-order valence-corrected chi connectivity index (χ1v) is 8.65. The molecule has 0 bridgehead atoms. The van der Waals surface area contributed by atoms with Crippen LogP contribution in [0.2, 0.25) is 0 Å². The Hall–Kier alpha value is -1.99. The predicted molar refractivity (Wildman–Crippen MR) is 88.6 cm³/mol. The first-order valence-electron chi connectivity index (χ1n) is 8.65. The van der Waals surface area contributed by atoms with E-state index < -0.39 is 29.5 Å². The van der Waals surface area contributed by atoms with Crippen molar-refractivity contribution in [3.05, 3.63) is 35.6 Å². The van der Waals surface area contributed by atoms with Crippen LogP contribution in [0.25, 0.3) is 0 Å². The zero-order valence-corrected chi connectivity index (χ0v) is 14.3. The average Bonchev–Trinajstić information content (AvgIpc) is 2.96. The van der Waals surface area contributed by atoms with Gasteiger partial charge in [-0.05, 0) is 31.2 Å². The number of halogens is 1. The lowest BCUT2D eigenvalue weighted by atomic mass is 9.96. The van der Waals surface area contributed by atoms with Crippen LogP contribution in [0.4, 0.5) is 4.39 Å². The standard InChI is InChI=1S/C18H23FN2O4/c1-2-8-20-9-6-18(7-10-20)21(15(12-25-18)17(23)24)16(22)13-4-3-5-14(19)11-13/h3-5,11,15H,2,6-10,12H2,1H3,(H,23,24)/t15-/m1/s1. The van der Waals surface area contributed by atoms with Crippen molar-refractivity contribution in [3.8, 4) is 0 Å². The Morgan fingerprint density at radius 3 is 2.68 bits per heavy atom. The van der Waals surface area contributed by atoms with Crippen LogP contribution in [-0.2, 0) is 9.53 Å². The van der Waals surface area contributed by atoms with Gasteiger partial charge in [-0.2, -0.15) is 0 Å². The number of rotatable bonds is 4. The van der Waals surface area contributed by atoms with Crippen LogP contribution in [0.1, 0.15) is 36.5 Å². The van der Waals surface area contributed by atoms with Crippen LogP contribution in [0, 0.1) is 5.82 Å². The van der Waals surface area contributed by atoms with Crippen molar-refractivity contribution >= 4 is 11.9 Å². The molecule has 3 rings (SSSR count). The molecule has 136 valence electrons. The van der Waals surface area contributed by atoms with Crippen LogP contribution < -0.4 is 0 Å². The summed E-state index contributed by atoms with van der Waals surface area (Å²) in [5, 5.41) is 9.53. The summed E-state index contributed by atoms with van der Waals surface area (Å²) in [5.74, 6) is -2.12. The molecule has 7 heteroatoms. The maximum Gasteiger partial charge on any atom is 0.328 e. The van der Waals surface area contributed by atoms with E-state index in [-0.39, 0.29) is 12.2 Å². The zero-order chi connectivity index (χ0) is 18.0. The average molecular weight is 350 g/mol. The molecule has 2 aliphatic rings. The van der Waals surface area contributed by atoms with E-state index in [2.05, 4.69) is 11.8 Å². The minimum absolute atomic E-state index is 0.0375. The highest BCUT2D eigenvalue weighted by Gasteiger charge is 2.53. The molecule has 0 unspecified atom stereocenters. The molecular formula is C18H23FN2O4. The van der Waals surface area contributed by atoms with Crippen LogP contribution in [0.3, 0.4) is 0 Å². The summed E-state index contributed by atoms with van der Waals surface area (Å²) in [6.45, 7) is 4.53. The van der Waals surface area contributed by atoms with Crippen LogP contribution in [0.15, 0.2) is 24.3 Å². The van der Waals surface area contributed by atoms with E-state index in [9.17, 15) is 19.1 Å². The number of carbonyl (C=O) groups excluding carboxylic acids is 1. The summed E-state index contributed by atoms with van der Waals surface area (Å²) >= 11 is 0. The SMILES string of the molecule is CCCN1CCC2(CC1)OC[C@H](C(=O)O)N2C(=O)c1cccc(F)c1. The number of hydrogen-bond donors (Lipinski definition) is 1. The summed E-state index contributed by atoms with van der Waals surface area (Å²) < 4.78 is 19.4. The number of aliphatic carboxylic acids is 1. The molecule has 0 aromatic heterocycles. The maximum absolute atomic E-state index is 13.5. The molecule has 6 nitrogen and oxygen atoms in total. The van der Waals surface area contributed by atoms with Gasteiger partial charge < -0.3 is 14.7 Å². The number of hydrogen-bond acceptors (Lipinski definition) is 4. The normalized spacial score (nSPS) is 23.1. The summed E-state index contributed by atoms with van der Waals surface area (Å²) in [5.41, 5.74) is -0.774. The second-order valence-corrected chi connectivity index (χ2v) is 6.64. The van der Waals surface area contributed by atoms with Crippen LogP contribution in [-0.4, -0.2) is 64.8 Å². The van der Waals surface area contributed by atoms with Gasteiger partial charge in [-0.15, -0.1) is 0 Å². The fraction of sp³-hybridized carbons (Fsp3) is 0.556. The van der Waals surface area contributed by atoms with Crippen LogP contribution >= 0.6 is 0 Å². The number of nitrogens with zero attached hydrogens (tertiary/aromatic N) is 2. The number of ether oxygens (including phenoxy) is 1. The lowest BCUT2D eigenvalue weighted by Crippen LogP contribution is -2.58. The Kier molecular flexibility index (Phi) is 5.06. The highest BCUT2D eigenvalue weighted by Crippen LogP contribution is 2.38. The zero-order valence-electron chi connectivity index (χ0n) is 14.3. The number of carboxylic acid groups (broad SMARTS) is 1. The summed E-state index contributed by atoms with van der Waals surface area (Å²) in [4.78, 5) is 28.3. The number of piperidine rings is 1. The Balaban J connectivity index is 1.88. The highest BCUT2D eigenvalue weighted by molar-refractivity contribution is 5.97. The van der Waals surface area contributed by atoms with E-state index in [4.69, 9.17) is 4.74 Å². The first kappa shape index (κ1) is 17.8. The third-order valence-electron chi connectivity index (χ3n) is 5.01. The second-order valence-electron chi connectivity index (χ2n) is 6.64. The van der Waals surface area contributed by atoms with Crippen molar-refractivity contribution in [1.82, 2.24) is 9.80 Å². The Morgan fingerprint density at radius 1 is 1.36 bits per heavy atom. The molecule has 2 saturated heterocycles. The van der Waals surface area contributed by atoms with E-state index >= 15 is 0 Å². The fourth-order valence-electron chi connectivity index (χ4n) is 3.76. The van der Waals surface area contributed by atoms with E-state index in [1.807, 2.05) is 0 Å². The van der Waals surface area contributed by atoms with Crippen molar-refractivity contribution in [2.45, 2.75) is 38.0 Å². The number of benzene rings is 1. The van der Waals surface area contributed by atoms with Gasteiger partial charge in [0.25, 0.3) is 5.91 Å². The van der Waals surface area contributed by atoms with Crippen LogP contribution in [0.5, 0.6) is 0 Å². The molecule has 1 spiro atoms. The lowest BCUT2D eigenvalue weighted by molar-refractivity contribution is -0.143. The predicted octanol–water partition coefficient (Wildman–Crippen LogP) is 1.95. The highest BCUT2D eigenvalue weighted by atomic mass is 19.1. The molecule has 1 aromatic rings. The van der Waals surface area contributed by atoms with E-state index in [0.717, 1.165) is 32.1 Å². The van der Waals surface area contributed by atoms with Crippen molar-refractivity contribution < 1.29 is 23.8 Å². The third kappa shape index (κ3) is 3.39. The molecule has 1 N–H and O–H groups in total. The minimum Gasteiger partial charge on any atom is -0.480 e. The van der Waals surface area contributed by atoms with Crippen molar-refractivity contribution in [3.63, 3.8) is 0 Å². The summed E-state index contributed by atoms with van der Waals surface area (Å²) in [6, 6.07) is 4.30. The molecule has 1 amide bonds. The van der Waals surface area contributed by atoms with Gasteiger partial charge in [-0.1, -0.05) is 13.0 Å². The first-order chi connectivity index (χ1) is 12.0. The van der Waals surface area contributed by atoms with E-state index in [1.165, 1.54) is 23.1 Å².